The van der Waals surface area contributed by atoms with Crippen molar-refractivity contribution in [2.24, 2.45) is 29.6 Å². The second-order valence-electron chi connectivity index (χ2n) is 6.06. The lowest BCUT2D eigenvalue weighted by atomic mass is 9.98. The van der Waals surface area contributed by atoms with Crippen LogP contribution in [0.2, 0.25) is 0 Å². The molecule has 1 heterocycles. The Morgan fingerprint density at radius 3 is 2.71 bits per heavy atom. The molecule has 4 rings (SSSR count). The van der Waals surface area contributed by atoms with Gasteiger partial charge in [0.15, 0.2) is 0 Å². The third-order valence-corrected chi connectivity index (χ3v) is 6.24. The molecule has 90 valence electrons. The zero-order chi connectivity index (χ0) is 11.4. The molecule has 2 heteroatoms. The van der Waals surface area contributed by atoms with Gasteiger partial charge in [-0.2, -0.15) is 0 Å². The second-order valence-corrected chi connectivity index (χ2v) is 7.09. The van der Waals surface area contributed by atoms with E-state index in [1.165, 1.54) is 24.1 Å². The van der Waals surface area contributed by atoms with Crippen LogP contribution in [0.1, 0.15) is 30.6 Å². The summed E-state index contributed by atoms with van der Waals surface area (Å²) in [5, 5.41) is 2.10. The highest BCUT2D eigenvalue weighted by molar-refractivity contribution is 7.09. The molecule has 4 unspecified atom stereocenters. The lowest BCUT2D eigenvalue weighted by Gasteiger charge is -2.07. The van der Waals surface area contributed by atoms with E-state index in [-0.39, 0.29) is 0 Å². The maximum atomic E-state index is 12.2. The number of hydrogen-bond acceptors (Lipinski definition) is 2. The fraction of sp³-hybridized carbons (Fsp3) is 0.667. The van der Waals surface area contributed by atoms with E-state index in [1.807, 2.05) is 0 Å². The summed E-state index contributed by atoms with van der Waals surface area (Å²) >= 11 is 1.78. The summed E-state index contributed by atoms with van der Waals surface area (Å²) in [6, 6.07) is 4.23. The largest absolute Gasteiger partial charge is 0.299 e. The van der Waals surface area contributed by atoms with Crippen molar-refractivity contribution < 1.29 is 4.79 Å². The van der Waals surface area contributed by atoms with Gasteiger partial charge in [-0.05, 0) is 60.8 Å². The molecule has 17 heavy (non-hydrogen) atoms. The van der Waals surface area contributed by atoms with Crippen molar-refractivity contribution in [1.82, 2.24) is 0 Å². The van der Waals surface area contributed by atoms with E-state index >= 15 is 0 Å². The van der Waals surface area contributed by atoms with Crippen molar-refractivity contribution >= 4 is 17.1 Å². The van der Waals surface area contributed by atoms with E-state index in [0.717, 1.165) is 36.5 Å². The number of thiophene rings is 1. The maximum Gasteiger partial charge on any atom is 0.136 e. The van der Waals surface area contributed by atoms with Gasteiger partial charge in [-0.3, -0.25) is 4.79 Å². The quantitative estimate of drug-likeness (QED) is 0.794. The van der Waals surface area contributed by atoms with Crippen molar-refractivity contribution in [3.63, 3.8) is 0 Å². The summed E-state index contributed by atoms with van der Waals surface area (Å²) in [5.41, 5.74) is 0. The zero-order valence-electron chi connectivity index (χ0n) is 9.97. The van der Waals surface area contributed by atoms with Gasteiger partial charge in [-0.1, -0.05) is 6.07 Å². The standard InChI is InChI=1S/C15H18OS/c16-12(6-5-11-2-1-7-17-11)15-13-9-3-4-10(8-9)14(13)15/h1-2,7,9-10,13-15H,3-6,8H2. The topological polar surface area (TPSA) is 17.1 Å². The first-order valence-corrected chi connectivity index (χ1v) is 7.77. The molecular weight excluding hydrogens is 228 g/mol. The van der Waals surface area contributed by atoms with Gasteiger partial charge >= 0.3 is 0 Å². The predicted octanol–water partition coefficient (Wildman–Crippen LogP) is 3.54. The molecule has 4 atom stereocenters. The van der Waals surface area contributed by atoms with E-state index in [2.05, 4.69) is 17.5 Å². The summed E-state index contributed by atoms with van der Waals surface area (Å²) in [5.74, 6) is 4.57. The van der Waals surface area contributed by atoms with E-state index in [9.17, 15) is 4.79 Å². The highest BCUT2D eigenvalue weighted by Crippen LogP contribution is 2.69. The Morgan fingerprint density at radius 1 is 1.29 bits per heavy atom. The zero-order valence-corrected chi connectivity index (χ0v) is 10.8. The minimum Gasteiger partial charge on any atom is -0.299 e. The Kier molecular flexibility index (Phi) is 2.23. The number of hydrogen-bond donors (Lipinski definition) is 0. The maximum absolute atomic E-state index is 12.2. The lowest BCUT2D eigenvalue weighted by Crippen LogP contribution is -2.10. The minimum absolute atomic E-state index is 0.487. The van der Waals surface area contributed by atoms with Crippen molar-refractivity contribution in [3.05, 3.63) is 22.4 Å². The fourth-order valence-electron chi connectivity index (χ4n) is 4.62. The number of ketones is 1. The van der Waals surface area contributed by atoms with Crippen LogP contribution >= 0.6 is 11.3 Å². The van der Waals surface area contributed by atoms with Crippen LogP contribution in [0.25, 0.3) is 0 Å². The van der Waals surface area contributed by atoms with Crippen molar-refractivity contribution in [2.45, 2.75) is 32.1 Å². The van der Waals surface area contributed by atoms with Gasteiger partial charge in [0.2, 0.25) is 0 Å². The van der Waals surface area contributed by atoms with Crippen LogP contribution in [0.5, 0.6) is 0 Å². The Hall–Kier alpha value is -0.630. The Morgan fingerprint density at radius 2 is 2.06 bits per heavy atom. The first-order chi connectivity index (χ1) is 8.34. The van der Waals surface area contributed by atoms with Gasteiger partial charge in [0, 0.05) is 17.2 Å². The molecule has 0 amide bonds. The summed E-state index contributed by atoms with van der Waals surface area (Å²) in [6.45, 7) is 0. The lowest BCUT2D eigenvalue weighted by molar-refractivity contribution is -0.121. The Balaban J connectivity index is 1.37. The molecule has 3 aliphatic rings. The van der Waals surface area contributed by atoms with Gasteiger partial charge in [-0.15, -0.1) is 11.3 Å². The summed E-state index contributed by atoms with van der Waals surface area (Å²) in [4.78, 5) is 13.6. The van der Waals surface area contributed by atoms with Crippen LogP contribution in [0.15, 0.2) is 17.5 Å². The average Bonchev–Trinajstić information content (AvgIpc) is 2.80. The predicted molar refractivity (Wildman–Crippen MR) is 68.9 cm³/mol. The number of carbonyl (C=O) groups excluding carboxylic acids is 1. The van der Waals surface area contributed by atoms with E-state index in [1.54, 1.807) is 11.3 Å². The molecule has 1 aromatic heterocycles. The Labute approximate surface area is 106 Å². The number of rotatable bonds is 4. The molecule has 0 aliphatic heterocycles. The van der Waals surface area contributed by atoms with Crippen molar-refractivity contribution in [3.8, 4) is 0 Å². The molecule has 3 saturated carbocycles. The molecule has 1 aromatic rings. The Bertz CT molecular complexity index is 420. The van der Waals surface area contributed by atoms with E-state index in [0.29, 0.717) is 11.7 Å². The SMILES string of the molecule is O=C(CCc1cccs1)C1C2C3CCC(C3)C12. The van der Waals surface area contributed by atoms with Crippen LogP contribution in [-0.4, -0.2) is 5.78 Å². The molecule has 3 aliphatic carbocycles. The monoisotopic (exact) mass is 246 g/mol. The molecule has 0 N–H and O–H groups in total. The minimum atomic E-state index is 0.487. The average molecular weight is 246 g/mol. The summed E-state index contributed by atoms with van der Waals surface area (Å²) < 4.78 is 0. The number of carbonyl (C=O) groups is 1. The van der Waals surface area contributed by atoms with Crippen molar-refractivity contribution in [2.75, 3.05) is 0 Å². The summed E-state index contributed by atoms with van der Waals surface area (Å²) in [6.07, 6.45) is 6.05. The summed E-state index contributed by atoms with van der Waals surface area (Å²) in [7, 11) is 0. The molecule has 3 fully saturated rings. The molecule has 0 aromatic carbocycles. The first kappa shape index (κ1) is 10.3. The van der Waals surface area contributed by atoms with Gasteiger partial charge in [0.1, 0.15) is 5.78 Å². The smallest absolute Gasteiger partial charge is 0.136 e. The molecule has 1 nitrogen and oxygen atoms in total. The van der Waals surface area contributed by atoms with Gasteiger partial charge in [0.25, 0.3) is 0 Å². The van der Waals surface area contributed by atoms with E-state index < -0.39 is 0 Å². The van der Waals surface area contributed by atoms with Crippen LogP contribution in [-0.2, 0) is 11.2 Å². The van der Waals surface area contributed by atoms with Crippen LogP contribution in [0.3, 0.4) is 0 Å². The third-order valence-electron chi connectivity index (χ3n) is 5.31. The van der Waals surface area contributed by atoms with Gasteiger partial charge in [0.05, 0.1) is 0 Å². The highest BCUT2D eigenvalue weighted by atomic mass is 32.1. The third kappa shape index (κ3) is 1.53. The first-order valence-electron chi connectivity index (χ1n) is 6.89. The van der Waals surface area contributed by atoms with Crippen LogP contribution < -0.4 is 0 Å². The van der Waals surface area contributed by atoms with E-state index in [4.69, 9.17) is 0 Å². The normalized spacial score (nSPS) is 41.5. The van der Waals surface area contributed by atoms with Gasteiger partial charge < -0.3 is 0 Å². The number of Topliss-reactive ketones (excluding diaryl/α,β-unsaturated/α-hetero) is 1. The van der Waals surface area contributed by atoms with Gasteiger partial charge in [-0.25, -0.2) is 0 Å². The van der Waals surface area contributed by atoms with Crippen molar-refractivity contribution in [1.29, 1.82) is 0 Å². The number of aryl methyl sites for hydroxylation is 1. The molecular formula is C15H18OS. The molecule has 2 bridgehead atoms. The molecule has 0 spiro atoms. The molecule has 0 saturated heterocycles. The van der Waals surface area contributed by atoms with Crippen LogP contribution in [0.4, 0.5) is 0 Å². The molecule has 0 radical (unpaired) electrons. The second kappa shape index (κ2) is 3.68. The highest BCUT2D eigenvalue weighted by Gasteiger charge is 2.66. The fourth-order valence-corrected chi connectivity index (χ4v) is 5.33. The van der Waals surface area contributed by atoms with Crippen LogP contribution in [0, 0.1) is 29.6 Å². The number of fused-ring (bicyclic) bond motifs is 5.